The molecule has 6 nitrogen and oxygen atoms in total. The molecule has 0 aromatic carbocycles. The molecule has 4 heterocycles. The van der Waals surface area contributed by atoms with Gasteiger partial charge in [0.15, 0.2) is 11.5 Å². The first-order valence-corrected chi connectivity index (χ1v) is 11.9. The fraction of sp³-hybridized carbons (Fsp3) is 0.462. The van der Waals surface area contributed by atoms with Crippen LogP contribution < -0.4 is 0 Å². The van der Waals surface area contributed by atoms with Gasteiger partial charge in [-0.25, -0.2) is 0 Å². The standard InChI is InChI=1S/C26H32N2O4/c1-3-5-7-9-15-27-23(19-13-11-17-31-19)21-22(25(27)29)24(20-14-12-18-32-20)28(26(21)30)16-10-8-6-4-2/h11-14,17-18H,3-10,15-16H2,1-2H3. The van der Waals surface area contributed by atoms with Gasteiger partial charge in [-0.2, -0.15) is 0 Å². The molecule has 170 valence electrons. The summed E-state index contributed by atoms with van der Waals surface area (Å²) < 4.78 is 11.4. The number of fused-ring (bicyclic) bond motifs is 1. The number of nitrogens with zero attached hydrogens (tertiary/aromatic N) is 2. The summed E-state index contributed by atoms with van der Waals surface area (Å²) in [6, 6.07) is 7.22. The third kappa shape index (κ3) is 4.06. The van der Waals surface area contributed by atoms with Crippen LogP contribution in [-0.2, 0) is 9.59 Å². The number of amides is 2. The Kier molecular flexibility index (Phi) is 6.98. The Labute approximate surface area is 189 Å². The Morgan fingerprint density at radius 2 is 1.09 bits per heavy atom. The summed E-state index contributed by atoms with van der Waals surface area (Å²) in [5, 5.41) is 0. The molecule has 6 heteroatoms. The SMILES string of the molecule is CCCCCCN1C(=O)C2=C(c3ccco3)N(CCCCCC)C(=O)C2=C1c1ccco1. The number of rotatable bonds is 12. The van der Waals surface area contributed by atoms with E-state index in [1.54, 1.807) is 34.5 Å². The molecule has 0 unspecified atom stereocenters. The first-order valence-electron chi connectivity index (χ1n) is 11.9. The van der Waals surface area contributed by atoms with E-state index >= 15 is 0 Å². The monoisotopic (exact) mass is 436 g/mol. The van der Waals surface area contributed by atoms with Gasteiger partial charge in [-0.15, -0.1) is 0 Å². The van der Waals surface area contributed by atoms with E-state index in [0.29, 0.717) is 47.2 Å². The van der Waals surface area contributed by atoms with E-state index in [-0.39, 0.29) is 11.8 Å². The highest BCUT2D eigenvalue weighted by molar-refractivity contribution is 6.29. The molecule has 2 aromatic rings. The maximum Gasteiger partial charge on any atom is 0.261 e. The van der Waals surface area contributed by atoms with Crippen LogP contribution in [0, 0.1) is 0 Å². The Morgan fingerprint density at radius 1 is 0.656 bits per heavy atom. The summed E-state index contributed by atoms with van der Waals surface area (Å²) in [4.78, 5) is 30.8. The molecule has 2 amide bonds. The average Bonchev–Trinajstić information content (AvgIpc) is 3.58. The predicted molar refractivity (Wildman–Crippen MR) is 123 cm³/mol. The molecule has 0 N–H and O–H groups in total. The van der Waals surface area contributed by atoms with Crippen LogP contribution in [0.4, 0.5) is 0 Å². The zero-order valence-corrected chi connectivity index (χ0v) is 19.1. The highest BCUT2D eigenvalue weighted by atomic mass is 16.3. The second-order valence-electron chi connectivity index (χ2n) is 8.44. The van der Waals surface area contributed by atoms with Crippen molar-refractivity contribution in [3.05, 3.63) is 59.5 Å². The minimum atomic E-state index is -0.140. The highest BCUT2D eigenvalue weighted by Gasteiger charge is 2.49. The van der Waals surface area contributed by atoms with E-state index in [1.165, 1.54) is 0 Å². The van der Waals surface area contributed by atoms with E-state index in [4.69, 9.17) is 8.83 Å². The topological polar surface area (TPSA) is 66.9 Å². The molecule has 32 heavy (non-hydrogen) atoms. The van der Waals surface area contributed by atoms with Crippen LogP contribution in [0.2, 0.25) is 0 Å². The van der Waals surface area contributed by atoms with E-state index in [2.05, 4.69) is 13.8 Å². The molecule has 2 aliphatic rings. The summed E-state index contributed by atoms with van der Waals surface area (Å²) in [5.41, 5.74) is 2.08. The molecule has 0 saturated heterocycles. The third-order valence-corrected chi connectivity index (χ3v) is 6.16. The van der Waals surface area contributed by atoms with Gasteiger partial charge >= 0.3 is 0 Å². The van der Waals surface area contributed by atoms with Crippen molar-refractivity contribution < 1.29 is 18.4 Å². The van der Waals surface area contributed by atoms with Crippen molar-refractivity contribution >= 4 is 23.2 Å². The van der Waals surface area contributed by atoms with Crippen LogP contribution >= 0.6 is 0 Å². The third-order valence-electron chi connectivity index (χ3n) is 6.16. The van der Waals surface area contributed by atoms with E-state index in [9.17, 15) is 9.59 Å². The largest absolute Gasteiger partial charge is 0.463 e. The molecular formula is C26H32N2O4. The maximum absolute atomic E-state index is 13.7. The van der Waals surface area contributed by atoms with Crippen molar-refractivity contribution in [3.8, 4) is 0 Å². The lowest BCUT2D eigenvalue weighted by Crippen LogP contribution is -2.31. The lowest BCUT2D eigenvalue weighted by atomic mass is 10.1. The van der Waals surface area contributed by atoms with Gasteiger partial charge in [0, 0.05) is 13.1 Å². The van der Waals surface area contributed by atoms with Crippen molar-refractivity contribution in [2.45, 2.75) is 65.2 Å². The normalized spacial score (nSPS) is 16.2. The number of carbonyl (C=O) groups is 2. The second kappa shape index (κ2) is 10.1. The number of unbranched alkanes of at least 4 members (excludes halogenated alkanes) is 6. The average molecular weight is 437 g/mol. The fourth-order valence-corrected chi connectivity index (χ4v) is 4.56. The molecule has 2 aromatic heterocycles. The lowest BCUT2D eigenvalue weighted by molar-refractivity contribution is -0.124. The fourth-order valence-electron chi connectivity index (χ4n) is 4.56. The van der Waals surface area contributed by atoms with Crippen molar-refractivity contribution in [2.24, 2.45) is 0 Å². The first kappa shape index (κ1) is 22.2. The molecule has 0 spiro atoms. The minimum absolute atomic E-state index is 0.140. The molecule has 2 aliphatic heterocycles. The second-order valence-corrected chi connectivity index (χ2v) is 8.44. The van der Waals surface area contributed by atoms with Gasteiger partial charge in [-0.05, 0) is 37.1 Å². The maximum atomic E-state index is 13.7. The van der Waals surface area contributed by atoms with E-state index < -0.39 is 0 Å². The van der Waals surface area contributed by atoms with Gasteiger partial charge in [-0.3, -0.25) is 9.59 Å². The van der Waals surface area contributed by atoms with Crippen LogP contribution in [0.3, 0.4) is 0 Å². The van der Waals surface area contributed by atoms with Crippen molar-refractivity contribution in [1.29, 1.82) is 0 Å². The number of hydrogen-bond acceptors (Lipinski definition) is 4. The van der Waals surface area contributed by atoms with Crippen LogP contribution in [0.1, 0.15) is 76.7 Å². The van der Waals surface area contributed by atoms with Gasteiger partial charge in [0.25, 0.3) is 11.8 Å². The lowest BCUT2D eigenvalue weighted by Gasteiger charge is -2.23. The van der Waals surface area contributed by atoms with Gasteiger partial charge in [-0.1, -0.05) is 52.4 Å². The summed E-state index contributed by atoms with van der Waals surface area (Å²) in [5.74, 6) is 0.829. The quantitative estimate of drug-likeness (QED) is 0.392. The summed E-state index contributed by atoms with van der Waals surface area (Å²) >= 11 is 0. The molecule has 0 fully saturated rings. The Balaban J connectivity index is 1.75. The zero-order valence-electron chi connectivity index (χ0n) is 19.1. The minimum Gasteiger partial charge on any atom is -0.463 e. The highest BCUT2D eigenvalue weighted by Crippen LogP contribution is 2.46. The van der Waals surface area contributed by atoms with Crippen LogP contribution in [0.15, 0.2) is 56.8 Å². The Bertz CT molecular complexity index is 917. The predicted octanol–water partition coefficient (Wildman–Crippen LogP) is 5.84. The molecule has 0 bridgehead atoms. The van der Waals surface area contributed by atoms with Crippen molar-refractivity contribution in [1.82, 2.24) is 9.80 Å². The smallest absolute Gasteiger partial charge is 0.261 e. The summed E-state index contributed by atoms with van der Waals surface area (Å²) in [6.07, 6.45) is 11.5. The zero-order chi connectivity index (χ0) is 22.5. The summed E-state index contributed by atoms with van der Waals surface area (Å²) in [6.45, 7) is 5.46. The van der Waals surface area contributed by atoms with Gasteiger partial charge in [0.2, 0.25) is 0 Å². The van der Waals surface area contributed by atoms with E-state index in [0.717, 1.165) is 51.4 Å². The van der Waals surface area contributed by atoms with Gasteiger partial charge in [0.1, 0.15) is 11.4 Å². The first-order chi connectivity index (χ1) is 15.7. The molecule has 0 aliphatic carbocycles. The van der Waals surface area contributed by atoms with Crippen LogP contribution in [-0.4, -0.2) is 34.7 Å². The Morgan fingerprint density at radius 3 is 1.44 bits per heavy atom. The van der Waals surface area contributed by atoms with Gasteiger partial charge < -0.3 is 18.6 Å². The molecule has 0 radical (unpaired) electrons. The molecule has 0 saturated carbocycles. The number of hydrogen-bond donors (Lipinski definition) is 0. The van der Waals surface area contributed by atoms with Gasteiger partial charge in [0.05, 0.1) is 23.7 Å². The van der Waals surface area contributed by atoms with Crippen molar-refractivity contribution in [3.63, 3.8) is 0 Å². The molecule has 0 atom stereocenters. The van der Waals surface area contributed by atoms with Crippen LogP contribution in [0.25, 0.3) is 11.4 Å². The molecular weight excluding hydrogens is 404 g/mol. The Hall–Kier alpha value is -3.02. The number of carbonyl (C=O) groups excluding carboxylic acids is 2. The van der Waals surface area contributed by atoms with E-state index in [1.807, 2.05) is 12.1 Å². The van der Waals surface area contributed by atoms with Crippen LogP contribution in [0.5, 0.6) is 0 Å². The van der Waals surface area contributed by atoms with Crippen molar-refractivity contribution in [2.75, 3.05) is 13.1 Å². The number of furan rings is 2. The molecule has 4 rings (SSSR count). The summed E-state index contributed by atoms with van der Waals surface area (Å²) in [7, 11) is 0.